The third-order valence-corrected chi connectivity index (χ3v) is 4.06. The summed E-state index contributed by atoms with van der Waals surface area (Å²) in [6.45, 7) is 3.96. The fourth-order valence-corrected chi connectivity index (χ4v) is 2.65. The van der Waals surface area contributed by atoms with E-state index in [9.17, 15) is 9.59 Å². The fraction of sp³-hybridized carbons (Fsp3) is 0.529. The lowest BCUT2D eigenvalue weighted by Gasteiger charge is -2.32. The number of ether oxygens (including phenoxy) is 1. The molecule has 2 amide bonds. The molecule has 1 saturated heterocycles. The van der Waals surface area contributed by atoms with Gasteiger partial charge in [0.1, 0.15) is 6.61 Å². The number of piperidine rings is 1. The third-order valence-electron chi connectivity index (χ3n) is 4.06. The van der Waals surface area contributed by atoms with Gasteiger partial charge in [0, 0.05) is 19.6 Å². The molecule has 1 aromatic rings. The van der Waals surface area contributed by atoms with Crippen molar-refractivity contribution in [2.75, 3.05) is 19.6 Å². The Labute approximate surface area is 137 Å². The van der Waals surface area contributed by atoms with Crippen LogP contribution in [-0.4, -0.2) is 42.6 Å². The maximum absolute atomic E-state index is 11.8. The molecule has 0 aromatic heterocycles. The van der Waals surface area contributed by atoms with Gasteiger partial charge in [-0.3, -0.25) is 4.79 Å². The minimum atomic E-state index is -0.447. The molecule has 1 unspecified atom stereocenters. The van der Waals surface area contributed by atoms with Crippen LogP contribution < -0.4 is 11.1 Å². The largest absolute Gasteiger partial charge is 0.445 e. The lowest BCUT2D eigenvalue weighted by Crippen LogP contribution is -2.47. The number of hydrogen-bond donors (Lipinski definition) is 2. The monoisotopic (exact) mass is 319 g/mol. The number of nitrogens with zero attached hydrogens (tertiary/aromatic N) is 1. The van der Waals surface area contributed by atoms with E-state index in [-0.39, 0.29) is 12.5 Å². The number of rotatable bonds is 5. The normalized spacial score (nSPS) is 16.7. The molecule has 1 fully saturated rings. The number of carbonyl (C=O) groups is 2. The molecule has 2 rings (SSSR count). The highest BCUT2D eigenvalue weighted by Crippen LogP contribution is 2.17. The first-order chi connectivity index (χ1) is 11.1. The minimum absolute atomic E-state index is 0.00122. The van der Waals surface area contributed by atoms with Gasteiger partial charge in [-0.1, -0.05) is 30.3 Å². The van der Waals surface area contributed by atoms with Gasteiger partial charge in [0.05, 0.1) is 6.04 Å². The van der Waals surface area contributed by atoms with Crippen LogP contribution in [0.5, 0.6) is 0 Å². The molecular weight excluding hydrogens is 294 g/mol. The first kappa shape index (κ1) is 17.3. The maximum atomic E-state index is 11.8. The number of alkyl carbamates (subject to hydrolysis) is 1. The standard InChI is InChI=1S/C17H25N3O3/c1-13(18)16(21)20-9-7-14(8-10-20)11-19-17(22)23-12-15-5-3-2-4-6-15/h2-6,13-14H,7-12,18H2,1H3,(H,19,22). The Balaban J connectivity index is 1.63. The van der Waals surface area contributed by atoms with Crippen molar-refractivity contribution in [1.82, 2.24) is 10.2 Å². The number of hydrogen-bond acceptors (Lipinski definition) is 4. The molecule has 0 saturated carbocycles. The van der Waals surface area contributed by atoms with Gasteiger partial charge in [-0.05, 0) is 31.2 Å². The molecule has 1 aliphatic rings. The Morgan fingerprint density at radius 1 is 1.30 bits per heavy atom. The Hall–Kier alpha value is -2.08. The molecule has 1 aliphatic heterocycles. The molecule has 0 aliphatic carbocycles. The quantitative estimate of drug-likeness (QED) is 0.861. The zero-order chi connectivity index (χ0) is 16.7. The minimum Gasteiger partial charge on any atom is -0.445 e. The van der Waals surface area contributed by atoms with E-state index in [0.717, 1.165) is 18.4 Å². The highest BCUT2D eigenvalue weighted by molar-refractivity contribution is 5.81. The zero-order valence-electron chi connectivity index (χ0n) is 13.5. The van der Waals surface area contributed by atoms with Crippen LogP contribution >= 0.6 is 0 Å². The highest BCUT2D eigenvalue weighted by atomic mass is 16.5. The van der Waals surface area contributed by atoms with E-state index in [1.807, 2.05) is 30.3 Å². The summed E-state index contributed by atoms with van der Waals surface area (Å²) in [7, 11) is 0. The van der Waals surface area contributed by atoms with Crippen molar-refractivity contribution in [3.8, 4) is 0 Å². The van der Waals surface area contributed by atoms with Gasteiger partial charge in [-0.15, -0.1) is 0 Å². The van der Waals surface area contributed by atoms with Crippen molar-refractivity contribution in [2.45, 2.75) is 32.4 Å². The van der Waals surface area contributed by atoms with Gasteiger partial charge < -0.3 is 20.7 Å². The van der Waals surface area contributed by atoms with Gasteiger partial charge in [-0.25, -0.2) is 4.79 Å². The predicted octanol–water partition coefficient (Wildman–Crippen LogP) is 1.50. The van der Waals surface area contributed by atoms with E-state index in [1.165, 1.54) is 0 Å². The van der Waals surface area contributed by atoms with Gasteiger partial charge in [0.25, 0.3) is 0 Å². The van der Waals surface area contributed by atoms with Gasteiger partial charge >= 0.3 is 6.09 Å². The van der Waals surface area contributed by atoms with E-state index in [4.69, 9.17) is 10.5 Å². The topological polar surface area (TPSA) is 84.7 Å². The van der Waals surface area contributed by atoms with Crippen molar-refractivity contribution < 1.29 is 14.3 Å². The van der Waals surface area contributed by atoms with Crippen LogP contribution in [0.4, 0.5) is 4.79 Å². The Morgan fingerprint density at radius 2 is 1.96 bits per heavy atom. The van der Waals surface area contributed by atoms with Crippen molar-refractivity contribution in [3.63, 3.8) is 0 Å². The summed E-state index contributed by atoms with van der Waals surface area (Å²) < 4.78 is 5.18. The second-order valence-corrected chi connectivity index (χ2v) is 6.00. The Kier molecular flexibility index (Phi) is 6.40. The van der Waals surface area contributed by atoms with Gasteiger partial charge in [0.2, 0.25) is 5.91 Å². The number of amides is 2. The van der Waals surface area contributed by atoms with Gasteiger partial charge in [-0.2, -0.15) is 0 Å². The molecule has 6 heteroatoms. The molecule has 1 aromatic carbocycles. The van der Waals surface area contributed by atoms with E-state index in [1.54, 1.807) is 11.8 Å². The van der Waals surface area contributed by atoms with Crippen LogP contribution in [0.1, 0.15) is 25.3 Å². The Morgan fingerprint density at radius 3 is 2.57 bits per heavy atom. The van der Waals surface area contributed by atoms with Crippen LogP contribution in [0.3, 0.4) is 0 Å². The summed E-state index contributed by atoms with van der Waals surface area (Å²) in [5.74, 6) is 0.370. The fourth-order valence-electron chi connectivity index (χ4n) is 2.65. The van der Waals surface area contributed by atoms with Crippen LogP contribution in [0.2, 0.25) is 0 Å². The summed E-state index contributed by atoms with van der Waals surface area (Å²) in [5, 5.41) is 2.80. The van der Waals surface area contributed by atoms with Crippen molar-refractivity contribution >= 4 is 12.0 Å². The summed E-state index contributed by atoms with van der Waals surface area (Å²) in [5.41, 5.74) is 6.58. The first-order valence-corrected chi connectivity index (χ1v) is 8.05. The smallest absolute Gasteiger partial charge is 0.407 e. The molecule has 126 valence electrons. The number of nitrogens with one attached hydrogen (secondary N) is 1. The molecule has 1 heterocycles. The van der Waals surface area contributed by atoms with Crippen LogP contribution in [-0.2, 0) is 16.1 Å². The first-order valence-electron chi connectivity index (χ1n) is 8.05. The van der Waals surface area contributed by atoms with Crippen molar-refractivity contribution in [2.24, 2.45) is 11.7 Å². The molecule has 6 nitrogen and oxygen atoms in total. The summed E-state index contributed by atoms with van der Waals surface area (Å²) >= 11 is 0. The third kappa shape index (κ3) is 5.56. The number of benzene rings is 1. The summed E-state index contributed by atoms with van der Waals surface area (Å²) in [4.78, 5) is 25.3. The lowest BCUT2D eigenvalue weighted by atomic mass is 9.96. The maximum Gasteiger partial charge on any atom is 0.407 e. The van der Waals surface area contributed by atoms with E-state index in [0.29, 0.717) is 25.6 Å². The molecular formula is C17H25N3O3. The molecule has 0 bridgehead atoms. The number of carbonyl (C=O) groups excluding carboxylic acids is 2. The molecule has 23 heavy (non-hydrogen) atoms. The van der Waals surface area contributed by atoms with Crippen molar-refractivity contribution in [1.29, 1.82) is 0 Å². The van der Waals surface area contributed by atoms with E-state index < -0.39 is 12.1 Å². The van der Waals surface area contributed by atoms with Gasteiger partial charge in [0.15, 0.2) is 0 Å². The zero-order valence-corrected chi connectivity index (χ0v) is 13.5. The highest BCUT2D eigenvalue weighted by Gasteiger charge is 2.24. The van der Waals surface area contributed by atoms with Crippen LogP contribution in [0.25, 0.3) is 0 Å². The lowest BCUT2D eigenvalue weighted by molar-refractivity contribution is -0.133. The Bertz CT molecular complexity index is 511. The van der Waals surface area contributed by atoms with Crippen LogP contribution in [0, 0.1) is 5.92 Å². The molecule has 3 N–H and O–H groups in total. The molecule has 0 spiro atoms. The number of likely N-dealkylation sites (tertiary alicyclic amines) is 1. The van der Waals surface area contributed by atoms with Crippen molar-refractivity contribution in [3.05, 3.63) is 35.9 Å². The SMILES string of the molecule is CC(N)C(=O)N1CCC(CNC(=O)OCc2ccccc2)CC1. The second kappa shape index (κ2) is 8.53. The molecule has 0 radical (unpaired) electrons. The summed E-state index contributed by atoms with van der Waals surface area (Å²) in [6, 6.07) is 9.13. The van der Waals surface area contributed by atoms with E-state index >= 15 is 0 Å². The second-order valence-electron chi connectivity index (χ2n) is 6.00. The van der Waals surface area contributed by atoms with Crippen LogP contribution in [0.15, 0.2) is 30.3 Å². The average molecular weight is 319 g/mol. The van der Waals surface area contributed by atoms with E-state index in [2.05, 4.69) is 5.32 Å². The predicted molar refractivity (Wildman–Crippen MR) is 87.6 cm³/mol. The average Bonchev–Trinajstić information content (AvgIpc) is 2.58. The number of nitrogens with two attached hydrogens (primary N) is 1. The molecule has 1 atom stereocenters. The summed E-state index contributed by atoms with van der Waals surface area (Å²) in [6.07, 6.45) is 1.34.